The van der Waals surface area contributed by atoms with Crippen LogP contribution in [0.25, 0.3) is 0 Å². The van der Waals surface area contributed by atoms with E-state index in [1.54, 1.807) is 0 Å². The summed E-state index contributed by atoms with van der Waals surface area (Å²) < 4.78 is 5.31. The molecule has 5 nitrogen and oxygen atoms in total. The van der Waals surface area contributed by atoms with Crippen molar-refractivity contribution in [3.8, 4) is 5.75 Å². The third-order valence-electron chi connectivity index (χ3n) is 1.67. The lowest BCUT2D eigenvalue weighted by Crippen LogP contribution is -2.06. The second-order valence-electron chi connectivity index (χ2n) is 2.90. The highest BCUT2D eigenvalue weighted by molar-refractivity contribution is 5.20. The van der Waals surface area contributed by atoms with Crippen LogP contribution in [-0.4, -0.2) is 11.5 Å². The SMILES string of the molecule is NC(=C[N+](=O)[O-])CCOc1ccccc1. The molecule has 1 rings (SSSR count). The highest BCUT2D eigenvalue weighted by Gasteiger charge is 1.98. The summed E-state index contributed by atoms with van der Waals surface area (Å²) in [6.07, 6.45) is 1.13. The van der Waals surface area contributed by atoms with Gasteiger partial charge in [-0.15, -0.1) is 0 Å². The van der Waals surface area contributed by atoms with Crippen molar-refractivity contribution in [1.82, 2.24) is 0 Å². The second kappa shape index (κ2) is 5.64. The van der Waals surface area contributed by atoms with Gasteiger partial charge in [0.05, 0.1) is 17.2 Å². The van der Waals surface area contributed by atoms with Crippen LogP contribution in [0.5, 0.6) is 5.75 Å². The topological polar surface area (TPSA) is 78.4 Å². The molecular formula is C10H12N2O3. The van der Waals surface area contributed by atoms with E-state index in [9.17, 15) is 10.1 Å². The molecule has 0 aliphatic carbocycles. The van der Waals surface area contributed by atoms with Gasteiger partial charge in [-0.3, -0.25) is 10.1 Å². The summed E-state index contributed by atoms with van der Waals surface area (Å²) in [6.45, 7) is 0.334. The fraction of sp³-hybridized carbons (Fsp3) is 0.200. The third kappa shape index (κ3) is 4.66. The van der Waals surface area contributed by atoms with Gasteiger partial charge in [-0.05, 0) is 12.1 Å². The van der Waals surface area contributed by atoms with Crippen molar-refractivity contribution in [2.45, 2.75) is 6.42 Å². The van der Waals surface area contributed by atoms with Crippen molar-refractivity contribution in [1.29, 1.82) is 0 Å². The molecule has 0 aliphatic heterocycles. The lowest BCUT2D eigenvalue weighted by Gasteiger charge is -2.04. The molecule has 0 atom stereocenters. The molecule has 0 amide bonds. The Hall–Kier alpha value is -2.04. The molecule has 0 heterocycles. The predicted octanol–water partition coefficient (Wildman–Crippen LogP) is 1.53. The Labute approximate surface area is 87.3 Å². The number of para-hydroxylation sites is 1. The normalized spacial score (nSPS) is 11.1. The zero-order valence-corrected chi connectivity index (χ0v) is 8.13. The van der Waals surface area contributed by atoms with Crippen LogP contribution >= 0.6 is 0 Å². The molecule has 0 radical (unpaired) electrons. The zero-order valence-electron chi connectivity index (χ0n) is 8.13. The smallest absolute Gasteiger partial charge is 0.253 e. The maximum absolute atomic E-state index is 10.1. The Balaban J connectivity index is 2.31. The number of hydrogen-bond acceptors (Lipinski definition) is 4. The molecule has 0 spiro atoms. The maximum atomic E-state index is 10.1. The summed E-state index contributed by atoms with van der Waals surface area (Å²) in [7, 11) is 0. The fourth-order valence-corrected chi connectivity index (χ4v) is 1.00. The molecular weight excluding hydrogens is 196 g/mol. The van der Waals surface area contributed by atoms with Crippen molar-refractivity contribution in [2.24, 2.45) is 5.73 Å². The molecule has 0 aromatic heterocycles. The lowest BCUT2D eigenvalue weighted by molar-refractivity contribution is -0.403. The Morgan fingerprint density at radius 1 is 1.47 bits per heavy atom. The minimum absolute atomic E-state index is 0.205. The molecule has 0 saturated heterocycles. The molecule has 2 N–H and O–H groups in total. The third-order valence-corrected chi connectivity index (χ3v) is 1.67. The Bertz CT molecular complexity index is 349. The summed E-state index contributed by atoms with van der Waals surface area (Å²) in [5, 5.41) is 10.1. The van der Waals surface area contributed by atoms with E-state index < -0.39 is 4.92 Å². The van der Waals surface area contributed by atoms with Gasteiger partial charge < -0.3 is 10.5 Å². The minimum Gasteiger partial charge on any atom is -0.493 e. The molecule has 0 aliphatic rings. The predicted molar refractivity (Wildman–Crippen MR) is 55.8 cm³/mol. The van der Waals surface area contributed by atoms with Crippen LogP contribution in [0.15, 0.2) is 42.2 Å². The van der Waals surface area contributed by atoms with E-state index in [0.29, 0.717) is 13.0 Å². The van der Waals surface area contributed by atoms with Gasteiger partial charge in [0, 0.05) is 6.42 Å². The summed E-state index contributed by atoms with van der Waals surface area (Å²) in [6, 6.07) is 9.21. The summed E-state index contributed by atoms with van der Waals surface area (Å²) in [4.78, 5) is 9.48. The summed E-state index contributed by atoms with van der Waals surface area (Å²) in [5.74, 6) is 0.728. The van der Waals surface area contributed by atoms with E-state index in [0.717, 1.165) is 11.9 Å². The van der Waals surface area contributed by atoms with Crippen molar-refractivity contribution in [3.05, 3.63) is 52.3 Å². The number of ether oxygens (including phenoxy) is 1. The van der Waals surface area contributed by atoms with Gasteiger partial charge in [0.15, 0.2) is 0 Å². The van der Waals surface area contributed by atoms with Crippen LogP contribution in [0.2, 0.25) is 0 Å². The Morgan fingerprint density at radius 2 is 2.13 bits per heavy atom. The van der Waals surface area contributed by atoms with Crippen LogP contribution in [0, 0.1) is 10.1 Å². The van der Waals surface area contributed by atoms with Gasteiger partial charge in [0.1, 0.15) is 5.75 Å². The van der Waals surface area contributed by atoms with E-state index >= 15 is 0 Å². The number of nitrogens with zero attached hydrogens (tertiary/aromatic N) is 1. The minimum atomic E-state index is -0.572. The average molecular weight is 208 g/mol. The van der Waals surface area contributed by atoms with Crippen molar-refractivity contribution < 1.29 is 9.66 Å². The first kappa shape index (κ1) is 11.0. The molecule has 15 heavy (non-hydrogen) atoms. The molecule has 1 aromatic rings. The zero-order chi connectivity index (χ0) is 11.1. The van der Waals surface area contributed by atoms with Gasteiger partial charge in [-0.2, -0.15) is 0 Å². The summed E-state index contributed by atoms with van der Waals surface area (Å²) in [5.41, 5.74) is 5.58. The molecule has 0 fully saturated rings. The summed E-state index contributed by atoms with van der Waals surface area (Å²) >= 11 is 0. The quantitative estimate of drug-likeness (QED) is 0.588. The first-order valence-electron chi connectivity index (χ1n) is 4.46. The fourth-order valence-electron chi connectivity index (χ4n) is 1.00. The van der Waals surface area contributed by atoms with E-state index in [1.165, 1.54) is 0 Å². The van der Waals surface area contributed by atoms with Crippen LogP contribution in [0.4, 0.5) is 0 Å². The van der Waals surface area contributed by atoms with E-state index in [4.69, 9.17) is 10.5 Å². The Morgan fingerprint density at radius 3 is 2.73 bits per heavy atom. The first-order chi connectivity index (χ1) is 7.18. The Kier molecular flexibility index (Phi) is 4.15. The van der Waals surface area contributed by atoms with Crippen LogP contribution in [-0.2, 0) is 0 Å². The van der Waals surface area contributed by atoms with Gasteiger partial charge in [0.2, 0.25) is 0 Å². The van der Waals surface area contributed by atoms with Gasteiger partial charge in [0.25, 0.3) is 6.20 Å². The van der Waals surface area contributed by atoms with Crippen LogP contribution in [0.1, 0.15) is 6.42 Å². The van der Waals surface area contributed by atoms with E-state index in [-0.39, 0.29) is 5.70 Å². The lowest BCUT2D eigenvalue weighted by atomic mass is 10.3. The first-order valence-corrected chi connectivity index (χ1v) is 4.46. The maximum Gasteiger partial charge on any atom is 0.253 e. The van der Waals surface area contributed by atoms with E-state index in [1.807, 2.05) is 30.3 Å². The van der Waals surface area contributed by atoms with Crippen molar-refractivity contribution >= 4 is 0 Å². The van der Waals surface area contributed by atoms with Crippen LogP contribution < -0.4 is 10.5 Å². The number of nitro groups is 1. The molecule has 80 valence electrons. The molecule has 1 aromatic carbocycles. The van der Waals surface area contributed by atoms with E-state index in [2.05, 4.69) is 0 Å². The largest absolute Gasteiger partial charge is 0.493 e. The van der Waals surface area contributed by atoms with Gasteiger partial charge in [-0.25, -0.2) is 0 Å². The standard InChI is InChI=1S/C10H12N2O3/c11-9(8-12(13)14)6-7-15-10-4-2-1-3-5-10/h1-5,8H,6-7,11H2. The molecule has 0 saturated carbocycles. The second-order valence-corrected chi connectivity index (χ2v) is 2.90. The molecule has 5 heteroatoms. The average Bonchev–Trinajstić information content (AvgIpc) is 2.18. The van der Waals surface area contributed by atoms with Gasteiger partial charge >= 0.3 is 0 Å². The number of rotatable bonds is 5. The molecule has 0 unspecified atom stereocenters. The number of benzene rings is 1. The number of nitrogens with two attached hydrogens (primary N) is 1. The van der Waals surface area contributed by atoms with Crippen LogP contribution in [0.3, 0.4) is 0 Å². The highest BCUT2D eigenvalue weighted by Crippen LogP contribution is 2.08. The monoisotopic (exact) mass is 208 g/mol. The van der Waals surface area contributed by atoms with Crippen molar-refractivity contribution in [3.63, 3.8) is 0 Å². The van der Waals surface area contributed by atoms with Gasteiger partial charge in [-0.1, -0.05) is 18.2 Å². The number of hydrogen-bond donors (Lipinski definition) is 1. The van der Waals surface area contributed by atoms with Crippen molar-refractivity contribution in [2.75, 3.05) is 6.61 Å². The molecule has 0 bridgehead atoms. The highest BCUT2D eigenvalue weighted by atomic mass is 16.6.